The van der Waals surface area contributed by atoms with Crippen molar-refractivity contribution in [3.63, 3.8) is 0 Å². The van der Waals surface area contributed by atoms with Crippen LogP contribution in [0.15, 0.2) is 42.7 Å². The molecule has 1 spiro atoms. The number of carbonyl (C=O) groups excluding carboxylic acids is 1. The molecular weight excluding hydrogens is 330 g/mol. The van der Waals surface area contributed by atoms with E-state index in [1.807, 2.05) is 53.0 Å². The van der Waals surface area contributed by atoms with Gasteiger partial charge in [-0.3, -0.25) is 4.79 Å². The molecule has 2 aromatic rings. The van der Waals surface area contributed by atoms with Crippen LogP contribution >= 0.6 is 0 Å². The van der Waals surface area contributed by atoms with Gasteiger partial charge in [-0.1, -0.05) is 6.07 Å². The molecule has 4 rings (SSSR count). The largest absolute Gasteiger partial charge is 0.475 e. The Morgan fingerprint density at radius 1 is 1.31 bits per heavy atom. The maximum absolute atomic E-state index is 12.7. The number of hydrogen-bond donors (Lipinski definition) is 0. The molecule has 6 heteroatoms. The van der Waals surface area contributed by atoms with Crippen LogP contribution < -0.4 is 4.74 Å². The van der Waals surface area contributed by atoms with Crippen LogP contribution in [-0.4, -0.2) is 52.8 Å². The number of pyridine rings is 1. The van der Waals surface area contributed by atoms with Crippen LogP contribution in [0.5, 0.6) is 5.88 Å². The molecule has 0 radical (unpaired) electrons. The summed E-state index contributed by atoms with van der Waals surface area (Å²) in [5, 5.41) is 0. The first-order valence-corrected chi connectivity index (χ1v) is 9.21. The monoisotopic (exact) mass is 355 g/mol. The first-order valence-electron chi connectivity index (χ1n) is 9.21. The molecule has 26 heavy (non-hydrogen) atoms. The van der Waals surface area contributed by atoms with Crippen molar-refractivity contribution in [1.82, 2.24) is 14.5 Å². The molecule has 0 bridgehead atoms. The molecule has 4 heterocycles. The molecular formula is C20H25N3O3. The predicted octanol–water partition coefficient (Wildman–Crippen LogP) is 2.51. The van der Waals surface area contributed by atoms with Crippen LogP contribution in [0.25, 0.3) is 0 Å². The van der Waals surface area contributed by atoms with E-state index in [1.54, 1.807) is 6.20 Å². The lowest BCUT2D eigenvalue weighted by Gasteiger charge is -2.38. The highest BCUT2D eigenvalue weighted by Crippen LogP contribution is 2.42. The van der Waals surface area contributed by atoms with Crippen molar-refractivity contribution in [2.45, 2.75) is 25.4 Å². The fourth-order valence-corrected chi connectivity index (χ4v) is 3.99. The summed E-state index contributed by atoms with van der Waals surface area (Å²) in [6.07, 6.45) is 6.71. The number of amides is 1. The van der Waals surface area contributed by atoms with Crippen molar-refractivity contribution in [2.75, 3.05) is 26.3 Å². The molecule has 0 aliphatic carbocycles. The lowest BCUT2D eigenvalue weighted by atomic mass is 9.76. The van der Waals surface area contributed by atoms with Crippen LogP contribution in [0, 0.1) is 5.41 Å². The average molecular weight is 355 g/mol. The van der Waals surface area contributed by atoms with Gasteiger partial charge in [0.05, 0.1) is 12.7 Å². The summed E-state index contributed by atoms with van der Waals surface area (Å²) < 4.78 is 13.6. The van der Waals surface area contributed by atoms with E-state index in [0.717, 1.165) is 44.7 Å². The van der Waals surface area contributed by atoms with Gasteiger partial charge in [-0.2, -0.15) is 0 Å². The number of hydrogen-bond acceptors (Lipinski definition) is 4. The van der Waals surface area contributed by atoms with Crippen molar-refractivity contribution in [3.8, 4) is 5.88 Å². The third-order valence-electron chi connectivity index (χ3n) is 5.61. The van der Waals surface area contributed by atoms with E-state index in [2.05, 4.69) is 4.98 Å². The minimum atomic E-state index is 0.104. The average Bonchev–Trinajstić information content (AvgIpc) is 3.27. The number of carbonyl (C=O) groups is 1. The van der Waals surface area contributed by atoms with Crippen molar-refractivity contribution in [2.24, 2.45) is 12.5 Å². The molecule has 1 amide bonds. The second-order valence-corrected chi connectivity index (χ2v) is 7.41. The number of likely N-dealkylation sites (tertiary alicyclic amines) is 1. The Hall–Kier alpha value is -2.34. The second-order valence-electron chi connectivity index (χ2n) is 7.41. The molecule has 138 valence electrons. The fourth-order valence-electron chi connectivity index (χ4n) is 3.99. The zero-order chi connectivity index (χ0) is 18.0. The number of rotatable bonds is 4. The van der Waals surface area contributed by atoms with Crippen LogP contribution in [0.2, 0.25) is 0 Å². The third-order valence-corrected chi connectivity index (χ3v) is 5.61. The van der Waals surface area contributed by atoms with E-state index in [0.29, 0.717) is 12.5 Å². The molecule has 2 aromatic heterocycles. The third kappa shape index (κ3) is 3.46. The Bertz CT molecular complexity index is 751. The maximum atomic E-state index is 12.7. The number of aromatic nitrogens is 2. The maximum Gasteiger partial charge on any atom is 0.270 e. The van der Waals surface area contributed by atoms with Gasteiger partial charge in [0.1, 0.15) is 12.3 Å². The van der Waals surface area contributed by atoms with Gasteiger partial charge in [-0.25, -0.2) is 4.98 Å². The summed E-state index contributed by atoms with van der Waals surface area (Å²) in [6.45, 7) is 2.88. The predicted molar refractivity (Wildman–Crippen MR) is 97.1 cm³/mol. The zero-order valence-corrected chi connectivity index (χ0v) is 15.1. The first kappa shape index (κ1) is 17.1. The number of aryl methyl sites for hydroxylation is 1. The molecule has 1 atom stereocenters. The van der Waals surface area contributed by atoms with Crippen LogP contribution in [-0.2, 0) is 11.8 Å². The number of nitrogens with zero attached hydrogens (tertiary/aromatic N) is 3. The van der Waals surface area contributed by atoms with E-state index in [1.165, 1.54) is 0 Å². The fraction of sp³-hybridized carbons (Fsp3) is 0.500. The molecule has 0 N–H and O–H groups in total. The number of piperidine rings is 1. The standard InChI is InChI=1S/C20H25N3O3/c1-22-10-4-5-17(22)19(24)23-11-7-20(8-12-23)13-16(26-15-20)14-25-18-6-2-3-9-21-18/h2-6,9-10,16H,7-8,11-15H2,1H3/t16-/m1/s1. The lowest BCUT2D eigenvalue weighted by molar-refractivity contribution is 0.0419. The molecule has 2 fully saturated rings. The molecule has 2 saturated heterocycles. The summed E-state index contributed by atoms with van der Waals surface area (Å²) in [5.74, 6) is 0.765. The Balaban J connectivity index is 1.29. The minimum absolute atomic E-state index is 0.104. The molecule has 0 unspecified atom stereocenters. The Kier molecular flexibility index (Phi) is 4.68. The van der Waals surface area contributed by atoms with E-state index in [4.69, 9.17) is 9.47 Å². The highest BCUT2D eigenvalue weighted by molar-refractivity contribution is 5.92. The molecule has 0 saturated carbocycles. The summed E-state index contributed by atoms with van der Waals surface area (Å²) >= 11 is 0. The normalized spacial score (nSPS) is 21.9. The van der Waals surface area contributed by atoms with Gasteiger partial charge >= 0.3 is 0 Å². The van der Waals surface area contributed by atoms with E-state index in [-0.39, 0.29) is 17.4 Å². The highest BCUT2D eigenvalue weighted by Gasteiger charge is 2.43. The number of ether oxygens (including phenoxy) is 2. The minimum Gasteiger partial charge on any atom is -0.475 e. The summed E-state index contributed by atoms with van der Waals surface area (Å²) in [5.41, 5.74) is 0.939. The Labute approximate surface area is 153 Å². The van der Waals surface area contributed by atoms with Crippen molar-refractivity contribution >= 4 is 5.91 Å². The Morgan fingerprint density at radius 2 is 2.15 bits per heavy atom. The SMILES string of the molecule is Cn1cccc1C(=O)N1CCC2(CC1)CO[C@@H](COc1ccccn1)C2. The van der Waals surface area contributed by atoms with Crippen molar-refractivity contribution in [3.05, 3.63) is 48.4 Å². The first-order chi connectivity index (χ1) is 12.7. The van der Waals surface area contributed by atoms with E-state index in [9.17, 15) is 4.79 Å². The van der Waals surface area contributed by atoms with Gasteiger partial charge in [-0.15, -0.1) is 0 Å². The van der Waals surface area contributed by atoms with Gasteiger partial charge in [0.2, 0.25) is 5.88 Å². The van der Waals surface area contributed by atoms with Crippen LogP contribution in [0.3, 0.4) is 0 Å². The Morgan fingerprint density at radius 3 is 2.85 bits per heavy atom. The van der Waals surface area contributed by atoms with Crippen molar-refractivity contribution < 1.29 is 14.3 Å². The summed E-state index contributed by atoms with van der Waals surface area (Å²) in [6, 6.07) is 9.45. The summed E-state index contributed by atoms with van der Waals surface area (Å²) in [7, 11) is 1.91. The molecule has 0 aromatic carbocycles. The van der Waals surface area contributed by atoms with E-state index >= 15 is 0 Å². The molecule has 2 aliphatic rings. The topological polar surface area (TPSA) is 56.6 Å². The van der Waals surface area contributed by atoms with Crippen molar-refractivity contribution in [1.29, 1.82) is 0 Å². The van der Waals surface area contributed by atoms with Crippen LogP contribution in [0.1, 0.15) is 29.8 Å². The smallest absolute Gasteiger partial charge is 0.270 e. The van der Waals surface area contributed by atoms with Gasteiger partial charge in [0, 0.05) is 38.6 Å². The van der Waals surface area contributed by atoms with Gasteiger partial charge in [0.25, 0.3) is 5.91 Å². The van der Waals surface area contributed by atoms with E-state index < -0.39 is 0 Å². The van der Waals surface area contributed by atoms with Gasteiger partial charge < -0.3 is 18.9 Å². The van der Waals surface area contributed by atoms with Gasteiger partial charge in [-0.05, 0) is 42.9 Å². The summed E-state index contributed by atoms with van der Waals surface area (Å²) in [4.78, 5) is 18.8. The molecule has 2 aliphatic heterocycles. The molecule has 6 nitrogen and oxygen atoms in total. The van der Waals surface area contributed by atoms with Gasteiger partial charge in [0.15, 0.2) is 0 Å². The lowest BCUT2D eigenvalue weighted by Crippen LogP contribution is -2.44. The second kappa shape index (κ2) is 7.11. The zero-order valence-electron chi connectivity index (χ0n) is 15.1. The highest BCUT2D eigenvalue weighted by atomic mass is 16.5. The quantitative estimate of drug-likeness (QED) is 0.846. The van der Waals surface area contributed by atoms with Crippen LogP contribution in [0.4, 0.5) is 0 Å².